The fourth-order valence-electron chi connectivity index (χ4n) is 5.21. The first kappa shape index (κ1) is 29.2. The number of aryl methyl sites for hydroxylation is 2. The average Bonchev–Trinajstić information content (AvgIpc) is 3.37. The first-order valence-electron chi connectivity index (χ1n) is 13.3. The summed E-state index contributed by atoms with van der Waals surface area (Å²) in [5, 5.41) is 9.63. The molecule has 2 N–H and O–H groups in total. The lowest BCUT2D eigenvalue weighted by molar-refractivity contribution is -0.912. The van der Waals surface area contributed by atoms with Crippen LogP contribution in [0.25, 0.3) is 0 Å². The largest absolute Gasteiger partial charge is 0.465 e. The van der Waals surface area contributed by atoms with Gasteiger partial charge in [-0.25, -0.2) is 4.79 Å². The van der Waals surface area contributed by atoms with Gasteiger partial charge in [0.05, 0.1) is 44.8 Å². The highest BCUT2D eigenvalue weighted by Gasteiger charge is 2.35. The van der Waals surface area contributed by atoms with Gasteiger partial charge in [-0.15, -0.1) is 22.7 Å². The minimum absolute atomic E-state index is 0.0997. The van der Waals surface area contributed by atoms with E-state index in [4.69, 9.17) is 9.47 Å². The molecular weight excluding hydrogens is 540 g/mol. The van der Waals surface area contributed by atoms with E-state index >= 15 is 0 Å². The van der Waals surface area contributed by atoms with E-state index in [1.54, 1.807) is 4.90 Å². The third-order valence-electron chi connectivity index (χ3n) is 7.32. The van der Waals surface area contributed by atoms with Crippen LogP contribution >= 0.6 is 22.7 Å². The first-order chi connectivity index (χ1) is 18.7. The maximum atomic E-state index is 13.5. The van der Waals surface area contributed by atoms with Crippen molar-refractivity contribution in [2.24, 2.45) is 0 Å². The summed E-state index contributed by atoms with van der Waals surface area (Å²) < 4.78 is 10.6. The second kappa shape index (κ2) is 13.0. The Morgan fingerprint density at radius 3 is 1.92 bits per heavy atom. The highest BCUT2D eigenvalue weighted by molar-refractivity contribution is 7.13. The van der Waals surface area contributed by atoms with Crippen molar-refractivity contribution in [2.45, 2.75) is 39.5 Å². The van der Waals surface area contributed by atoms with Gasteiger partial charge >= 0.3 is 5.97 Å². The van der Waals surface area contributed by atoms with Crippen molar-refractivity contribution in [1.82, 2.24) is 4.90 Å². The Morgan fingerprint density at radius 2 is 1.38 bits per heavy atom. The normalized spacial score (nSPS) is 17.3. The maximum Gasteiger partial charge on any atom is 0.350 e. The fraction of sp³-hybridized carbons (Fsp3) is 0.556. The molecule has 10 nitrogen and oxygen atoms in total. The monoisotopic (exact) mass is 577 g/mol. The molecular formula is C27H37N4O6S2+. The van der Waals surface area contributed by atoms with Crippen LogP contribution in [0, 0.1) is 13.8 Å². The molecule has 2 aliphatic rings. The number of amides is 3. The van der Waals surface area contributed by atoms with Crippen molar-refractivity contribution in [3.8, 4) is 0 Å². The van der Waals surface area contributed by atoms with Crippen molar-refractivity contribution in [3.05, 3.63) is 31.6 Å². The Bertz CT molecular complexity index is 1210. The fourth-order valence-corrected chi connectivity index (χ4v) is 7.10. The molecule has 3 amide bonds. The van der Waals surface area contributed by atoms with E-state index in [9.17, 15) is 19.2 Å². The Morgan fingerprint density at radius 1 is 0.872 bits per heavy atom. The summed E-state index contributed by atoms with van der Waals surface area (Å²) in [5.74, 6) is -1.05. The Labute approximate surface area is 236 Å². The molecule has 2 aromatic rings. The van der Waals surface area contributed by atoms with E-state index in [2.05, 4.69) is 10.6 Å². The summed E-state index contributed by atoms with van der Waals surface area (Å²) in [6.07, 6.45) is 3.95. The number of hydrogen-bond acceptors (Lipinski definition) is 8. The number of carbonyl (C=O) groups excluding carboxylic acids is 4. The Hall–Kier alpha value is -2.80. The number of anilines is 2. The zero-order valence-corrected chi connectivity index (χ0v) is 24.4. The van der Waals surface area contributed by atoms with Gasteiger partial charge in [0.25, 0.3) is 17.7 Å². The van der Waals surface area contributed by atoms with Gasteiger partial charge in [0, 0.05) is 13.1 Å². The van der Waals surface area contributed by atoms with E-state index < -0.39 is 5.97 Å². The van der Waals surface area contributed by atoms with Gasteiger partial charge in [-0.3, -0.25) is 14.4 Å². The van der Waals surface area contributed by atoms with Crippen LogP contribution in [0.3, 0.4) is 0 Å². The molecule has 12 heteroatoms. The zero-order chi connectivity index (χ0) is 28.0. The molecule has 0 aliphatic carbocycles. The number of morpholine rings is 1. The minimum Gasteiger partial charge on any atom is -0.465 e. The van der Waals surface area contributed by atoms with Crippen molar-refractivity contribution >= 4 is 57.7 Å². The summed E-state index contributed by atoms with van der Waals surface area (Å²) in [5.41, 5.74) is 2.65. The molecule has 0 radical (unpaired) electrons. The smallest absolute Gasteiger partial charge is 0.350 e. The third-order valence-corrected chi connectivity index (χ3v) is 9.48. The molecule has 2 aromatic heterocycles. The predicted octanol–water partition coefficient (Wildman–Crippen LogP) is 3.65. The number of thiophene rings is 2. The van der Waals surface area contributed by atoms with Gasteiger partial charge in [-0.05, 0) is 61.4 Å². The molecule has 0 aromatic carbocycles. The number of carbonyl (C=O) groups is 4. The molecule has 0 bridgehead atoms. The third kappa shape index (κ3) is 7.05. The molecule has 4 heterocycles. The predicted molar refractivity (Wildman–Crippen MR) is 152 cm³/mol. The standard InChI is InChI=1S/C27H36N4O6S2/c1-18-16-38-24(26(34)30-8-12-37-13-9-30)22(18)28-20(32)14-31(10-6-4-5-7-11-31)15-21(33)29-23-19(2)17-39-25(23)27(35)36-3/h16-17H,4-15H2,1-3H3,(H-,28,29,32,33,34,35)/p+1. The van der Waals surface area contributed by atoms with Crippen molar-refractivity contribution in [3.63, 3.8) is 0 Å². The molecule has 0 saturated carbocycles. The SMILES string of the molecule is COC(=O)c1scc(C)c1NC(=O)C[N+]1(CC(=O)Nc2c(C)csc2C(=O)N2CCOCC2)CCCCCC1. The van der Waals surface area contributed by atoms with Crippen LogP contribution in [0.4, 0.5) is 11.4 Å². The van der Waals surface area contributed by atoms with Crippen LogP contribution in [0.2, 0.25) is 0 Å². The number of hydrogen-bond donors (Lipinski definition) is 2. The quantitative estimate of drug-likeness (QED) is 0.366. The van der Waals surface area contributed by atoms with Crippen LogP contribution in [0.15, 0.2) is 10.8 Å². The van der Waals surface area contributed by atoms with Gasteiger partial charge in [-0.2, -0.15) is 0 Å². The van der Waals surface area contributed by atoms with E-state index in [0.717, 1.165) is 36.8 Å². The lowest BCUT2D eigenvalue weighted by Gasteiger charge is -2.36. The summed E-state index contributed by atoms with van der Waals surface area (Å²) in [6, 6.07) is 0. The van der Waals surface area contributed by atoms with Crippen molar-refractivity contribution < 1.29 is 33.1 Å². The summed E-state index contributed by atoms with van der Waals surface area (Å²) in [4.78, 5) is 54.8. The van der Waals surface area contributed by atoms with Crippen LogP contribution in [-0.2, 0) is 19.1 Å². The Balaban J connectivity index is 1.49. The average molecular weight is 578 g/mol. The number of methoxy groups -OCH3 is 1. The Kier molecular flexibility index (Phi) is 9.76. The lowest BCUT2D eigenvalue weighted by Crippen LogP contribution is -2.56. The van der Waals surface area contributed by atoms with Gasteiger partial charge in [0.15, 0.2) is 13.1 Å². The molecule has 2 saturated heterocycles. The van der Waals surface area contributed by atoms with E-state index in [1.165, 1.54) is 29.8 Å². The highest BCUT2D eigenvalue weighted by atomic mass is 32.1. The van der Waals surface area contributed by atoms with E-state index in [-0.39, 0.29) is 30.8 Å². The van der Waals surface area contributed by atoms with Crippen LogP contribution in [0.1, 0.15) is 56.2 Å². The van der Waals surface area contributed by atoms with Crippen LogP contribution in [-0.4, -0.2) is 92.7 Å². The molecule has 212 valence electrons. The van der Waals surface area contributed by atoms with Gasteiger partial charge in [-0.1, -0.05) is 0 Å². The van der Waals surface area contributed by atoms with Crippen LogP contribution < -0.4 is 10.6 Å². The number of likely N-dealkylation sites (tertiary alicyclic amines) is 1. The number of nitrogens with zero attached hydrogens (tertiary/aromatic N) is 2. The summed E-state index contributed by atoms with van der Waals surface area (Å²) in [7, 11) is 1.31. The molecule has 0 unspecified atom stereocenters. The topological polar surface area (TPSA) is 114 Å². The maximum absolute atomic E-state index is 13.5. The zero-order valence-electron chi connectivity index (χ0n) is 22.8. The van der Waals surface area contributed by atoms with E-state index in [1.807, 2.05) is 24.6 Å². The number of rotatable bonds is 8. The highest BCUT2D eigenvalue weighted by Crippen LogP contribution is 2.31. The van der Waals surface area contributed by atoms with Gasteiger partial charge in [0.1, 0.15) is 9.75 Å². The molecule has 0 atom stereocenters. The lowest BCUT2D eigenvalue weighted by atomic mass is 10.2. The number of nitrogens with one attached hydrogen (secondary N) is 2. The molecule has 2 fully saturated rings. The molecule has 4 rings (SSSR count). The minimum atomic E-state index is -0.491. The van der Waals surface area contributed by atoms with E-state index in [0.29, 0.717) is 65.0 Å². The number of ether oxygens (including phenoxy) is 2. The van der Waals surface area contributed by atoms with Crippen LogP contribution in [0.5, 0.6) is 0 Å². The second-order valence-electron chi connectivity index (χ2n) is 10.3. The van der Waals surface area contributed by atoms with Crippen molar-refractivity contribution in [2.75, 3.05) is 70.2 Å². The van der Waals surface area contributed by atoms with Gasteiger partial charge < -0.3 is 29.5 Å². The molecule has 2 aliphatic heterocycles. The molecule has 0 spiro atoms. The number of quaternary nitrogens is 1. The summed E-state index contributed by atoms with van der Waals surface area (Å²) in [6.45, 7) is 7.43. The molecule has 39 heavy (non-hydrogen) atoms. The number of esters is 1. The second-order valence-corrected chi connectivity index (χ2v) is 12.0. The van der Waals surface area contributed by atoms with Gasteiger partial charge in [0.2, 0.25) is 0 Å². The first-order valence-corrected chi connectivity index (χ1v) is 15.1. The van der Waals surface area contributed by atoms with Crippen molar-refractivity contribution in [1.29, 1.82) is 0 Å². The summed E-state index contributed by atoms with van der Waals surface area (Å²) >= 11 is 2.57.